The summed E-state index contributed by atoms with van der Waals surface area (Å²) in [6, 6.07) is 0.0794. The van der Waals surface area contributed by atoms with E-state index < -0.39 is 6.17 Å². The van der Waals surface area contributed by atoms with Gasteiger partial charge in [0.2, 0.25) is 5.95 Å². The molecule has 118 valence electrons. The topological polar surface area (TPSA) is 79.7 Å². The van der Waals surface area contributed by atoms with E-state index in [2.05, 4.69) is 31.0 Å². The first-order valence-corrected chi connectivity index (χ1v) is 7.37. The number of rotatable bonds is 5. The van der Waals surface area contributed by atoms with Crippen LogP contribution in [0.15, 0.2) is 18.6 Å². The van der Waals surface area contributed by atoms with Crippen molar-refractivity contribution in [2.24, 2.45) is 7.05 Å². The summed E-state index contributed by atoms with van der Waals surface area (Å²) in [5, 5.41) is 13.8. The number of halogens is 2. The van der Waals surface area contributed by atoms with E-state index in [0.29, 0.717) is 36.3 Å². The van der Waals surface area contributed by atoms with Gasteiger partial charge in [-0.1, -0.05) is 11.6 Å². The first-order valence-electron chi connectivity index (χ1n) is 6.99. The summed E-state index contributed by atoms with van der Waals surface area (Å²) in [5.74, 6) is 0.940. The van der Waals surface area contributed by atoms with E-state index >= 15 is 0 Å². The number of alkyl halides is 1. The summed E-state index contributed by atoms with van der Waals surface area (Å²) in [4.78, 5) is 8.46. The lowest BCUT2D eigenvalue weighted by atomic mass is 10.2. The molecule has 0 aliphatic carbocycles. The molecule has 9 heteroatoms. The predicted molar refractivity (Wildman–Crippen MR) is 83.3 cm³/mol. The lowest BCUT2D eigenvalue weighted by Crippen LogP contribution is -2.29. The van der Waals surface area contributed by atoms with Crippen molar-refractivity contribution < 1.29 is 4.39 Å². The van der Waals surface area contributed by atoms with Gasteiger partial charge >= 0.3 is 0 Å². The summed E-state index contributed by atoms with van der Waals surface area (Å²) >= 11 is 6.09. The number of aryl methyl sites for hydroxylation is 1. The molecule has 2 aromatic rings. The van der Waals surface area contributed by atoms with E-state index in [1.165, 1.54) is 6.20 Å². The number of anilines is 3. The third-order valence-corrected chi connectivity index (χ3v) is 3.67. The zero-order valence-corrected chi connectivity index (χ0v) is 12.8. The van der Waals surface area contributed by atoms with Crippen molar-refractivity contribution >= 4 is 29.1 Å². The van der Waals surface area contributed by atoms with Crippen LogP contribution >= 0.6 is 11.6 Å². The van der Waals surface area contributed by atoms with Gasteiger partial charge in [-0.15, -0.1) is 0 Å². The molecule has 1 fully saturated rings. The Balaban J connectivity index is 1.64. The highest BCUT2D eigenvalue weighted by atomic mass is 35.5. The Morgan fingerprint density at radius 3 is 3.05 bits per heavy atom. The molecule has 2 atom stereocenters. The molecule has 0 unspecified atom stereocenters. The maximum Gasteiger partial charge on any atom is 0.229 e. The van der Waals surface area contributed by atoms with Gasteiger partial charge in [0.15, 0.2) is 5.82 Å². The van der Waals surface area contributed by atoms with Crippen LogP contribution in [0.4, 0.5) is 21.8 Å². The lowest BCUT2D eigenvalue weighted by Gasteiger charge is -2.13. The molecule has 0 saturated carbocycles. The van der Waals surface area contributed by atoms with Crippen LogP contribution in [0.3, 0.4) is 0 Å². The largest absolute Gasteiger partial charge is 0.367 e. The fourth-order valence-electron chi connectivity index (χ4n) is 2.31. The second kappa shape index (κ2) is 6.45. The van der Waals surface area contributed by atoms with Crippen LogP contribution in [-0.4, -0.2) is 45.1 Å². The maximum atomic E-state index is 13.1. The number of hydrogen-bond donors (Lipinski definition) is 3. The zero-order valence-electron chi connectivity index (χ0n) is 12.1. The van der Waals surface area contributed by atoms with Gasteiger partial charge in [-0.05, 0) is 6.42 Å². The monoisotopic (exact) mass is 325 g/mol. The molecule has 3 N–H and O–H groups in total. The molecule has 22 heavy (non-hydrogen) atoms. The molecule has 0 spiro atoms. The van der Waals surface area contributed by atoms with Crippen molar-refractivity contribution in [1.82, 2.24) is 25.1 Å². The van der Waals surface area contributed by atoms with Gasteiger partial charge < -0.3 is 16.0 Å². The highest BCUT2D eigenvalue weighted by Gasteiger charge is 2.23. The van der Waals surface area contributed by atoms with Gasteiger partial charge in [0.1, 0.15) is 11.2 Å². The Morgan fingerprint density at radius 2 is 2.36 bits per heavy atom. The van der Waals surface area contributed by atoms with Crippen LogP contribution in [0.25, 0.3) is 0 Å². The van der Waals surface area contributed by atoms with Gasteiger partial charge in [-0.3, -0.25) is 4.68 Å². The van der Waals surface area contributed by atoms with Gasteiger partial charge in [-0.25, -0.2) is 9.37 Å². The average molecular weight is 326 g/mol. The molecular weight excluding hydrogens is 309 g/mol. The Kier molecular flexibility index (Phi) is 4.39. The molecule has 0 bridgehead atoms. The number of nitrogens with one attached hydrogen (secondary N) is 3. The van der Waals surface area contributed by atoms with Crippen LogP contribution in [0.5, 0.6) is 0 Å². The molecule has 1 aliphatic heterocycles. The Bertz CT molecular complexity index is 647. The minimum Gasteiger partial charge on any atom is -0.367 e. The summed E-state index contributed by atoms with van der Waals surface area (Å²) in [5.41, 5.74) is 0.786. The molecule has 0 aromatic carbocycles. The van der Waals surface area contributed by atoms with Gasteiger partial charge in [0, 0.05) is 32.4 Å². The minimum absolute atomic E-state index is 0.0794. The van der Waals surface area contributed by atoms with Crippen molar-refractivity contribution in [3.05, 3.63) is 23.6 Å². The smallest absolute Gasteiger partial charge is 0.229 e. The normalized spacial score (nSPS) is 21.0. The van der Waals surface area contributed by atoms with Crippen molar-refractivity contribution in [2.45, 2.75) is 18.6 Å². The minimum atomic E-state index is -0.782. The van der Waals surface area contributed by atoms with E-state index in [-0.39, 0.29) is 6.04 Å². The zero-order chi connectivity index (χ0) is 15.5. The fraction of sp³-hybridized carbons (Fsp3) is 0.462. The number of hydrogen-bond acceptors (Lipinski definition) is 6. The average Bonchev–Trinajstić information content (AvgIpc) is 3.08. The predicted octanol–water partition coefficient (Wildman–Crippen LogP) is 1.72. The standard InChI is InChI=1S/C13H17ClFN7/c1-22-7-10(5-19-22)20-13-18-6-11(14)12(21-13)17-4-9-2-8(15)3-16-9/h5-9,16H,2-4H2,1H3,(H2,17,18,20,21)/t8-,9-/m0/s1. The van der Waals surface area contributed by atoms with E-state index in [9.17, 15) is 4.39 Å². The summed E-state index contributed by atoms with van der Waals surface area (Å²) in [6.45, 7) is 0.959. The Labute approximate surface area is 132 Å². The van der Waals surface area contributed by atoms with Gasteiger partial charge in [0.25, 0.3) is 0 Å². The highest BCUT2D eigenvalue weighted by molar-refractivity contribution is 6.32. The van der Waals surface area contributed by atoms with E-state index in [4.69, 9.17) is 11.6 Å². The van der Waals surface area contributed by atoms with Crippen molar-refractivity contribution in [3.8, 4) is 0 Å². The highest BCUT2D eigenvalue weighted by Crippen LogP contribution is 2.21. The molecule has 0 amide bonds. The third kappa shape index (κ3) is 3.63. The SMILES string of the molecule is Cn1cc(Nc2ncc(Cl)c(NC[C@@H]3C[C@H](F)CN3)n2)cn1. The Hall–Kier alpha value is -1.93. The summed E-state index contributed by atoms with van der Waals surface area (Å²) < 4.78 is 14.8. The van der Waals surface area contributed by atoms with Crippen LogP contribution < -0.4 is 16.0 Å². The lowest BCUT2D eigenvalue weighted by molar-refractivity contribution is 0.356. The molecule has 7 nitrogen and oxygen atoms in total. The van der Waals surface area contributed by atoms with Gasteiger partial charge in [-0.2, -0.15) is 10.1 Å². The molecule has 1 saturated heterocycles. The Morgan fingerprint density at radius 1 is 1.50 bits per heavy atom. The van der Waals surface area contributed by atoms with Crippen molar-refractivity contribution in [2.75, 3.05) is 23.7 Å². The number of nitrogens with zero attached hydrogens (tertiary/aromatic N) is 4. The number of aromatic nitrogens is 4. The van der Waals surface area contributed by atoms with Crippen molar-refractivity contribution in [3.63, 3.8) is 0 Å². The van der Waals surface area contributed by atoms with E-state index in [1.807, 2.05) is 13.2 Å². The fourth-order valence-corrected chi connectivity index (χ4v) is 2.47. The molecule has 0 radical (unpaired) electrons. The summed E-state index contributed by atoms with van der Waals surface area (Å²) in [6.07, 6.45) is 4.73. The van der Waals surface area contributed by atoms with Crippen LogP contribution in [0.1, 0.15) is 6.42 Å². The first-order chi connectivity index (χ1) is 10.6. The van der Waals surface area contributed by atoms with Crippen LogP contribution in [0.2, 0.25) is 5.02 Å². The van der Waals surface area contributed by atoms with E-state index in [0.717, 1.165) is 5.69 Å². The van der Waals surface area contributed by atoms with E-state index in [1.54, 1.807) is 10.9 Å². The molecule has 2 aromatic heterocycles. The quantitative estimate of drug-likeness (QED) is 0.777. The third-order valence-electron chi connectivity index (χ3n) is 3.39. The first kappa shape index (κ1) is 15.0. The maximum absolute atomic E-state index is 13.1. The van der Waals surface area contributed by atoms with Crippen LogP contribution in [0, 0.1) is 0 Å². The second-order valence-electron chi connectivity index (χ2n) is 5.24. The van der Waals surface area contributed by atoms with Crippen molar-refractivity contribution in [1.29, 1.82) is 0 Å². The molecule has 3 heterocycles. The van der Waals surface area contributed by atoms with Crippen LogP contribution in [-0.2, 0) is 7.05 Å². The molecule has 3 rings (SSSR count). The summed E-state index contributed by atoms with van der Waals surface area (Å²) in [7, 11) is 1.83. The second-order valence-corrected chi connectivity index (χ2v) is 5.64. The van der Waals surface area contributed by atoms with Gasteiger partial charge in [0.05, 0.1) is 18.1 Å². The molecule has 1 aliphatic rings. The molecular formula is C13H17ClFN7.